The zero-order chi connectivity index (χ0) is 17.9. The number of hydrogen-bond acceptors (Lipinski definition) is 1. The minimum atomic E-state index is -0.676. The van der Waals surface area contributed by atoms with Crippen LogP contribution in [-0.2, 0) is 4.79 Å². The fraction of sp³-hybridized carbons (Fsp3) is 0.500. The third kappa shape index (κ3) is 15.1. The van der Waals surface area contributed by atoms with Crippen molar-refractivity contribution in [3.63, 3.8) is 0 Å². The fourth-order valence-corrected chi connectivity index (χ4v) is 2.17. The molecule has 0 amide bonds. The van der Waals surface area contributed by atoms with Gasteiger partial charge in [0.15, 0.2) is 0 Å². The molecule has 0 saturated heterocycles. The van der Waals surface area contributed by atoms with Crippen molar-refractivity contribution in [2.24, 2.45) is 5.92 Å². The molecule has 0 aliphatic heterocycles. The smallest absolute Gasteiger partial charge is 0.306 e. The van der Waals surface area contributed by atoms with Crippen LogP contribution in [-0.4, -0.2) is 11.1 Å². The van der Waals surface area contributed by atoms with Crippen molar-refractivity contribution in [1.82, 2.24) is 0 Å². The van der Waals surface area contributed by atoms with Crippen molar-refractivity contribution in [2.75, 3.05) is 0 Å². The van der Waals surface area contributed by atoms with Gasteiger partial charge in [-0.2, -0.15) is 0 Å². The van der Waals surface area contributed by atoms with Gasteiger partial charge in [0.05, 0.1) is 5.92 Å². The molecule has 2 nitrogen and oxygen atoms in total. The second kappa shape index (κ2) is 17.5. The Morgan fingerprint density at radius 2 is 1.17 bits per heavy atom. The molecule has 0 bridgehead atoms. The Labute approximate surface area is 148 Å². The summed E-state index contributed by atoms with van der Waals surface area (Å²) < 4.78 is 0. The molecule has 0 aliphatic rings. The van der Waals surface area contributed by atoms with Gasteiger partial charge in [-0.1, -0.05) is 74.6 Å². The molecule has 0 heterocycles. The van der Waals surface area contributed by atoms with E-state index < -0.39 is 5.97 Å². The highest BCUT2D eigenvalue weighted by Crippen LogP contribution is 2.11. The first kappa shape index (κ1) is 22.2. The standard InChI is InChI=1S/C22H34O2/c1-3-5-6-7-8-9-10-11-12-13-14-15-16-17-18-19-20-21(4-2)22(23)24/h5-6,8-9,11-12,14-15,17-18,21H,3-4,7,10,13,16,19-20H2,1-2H3,(H,23,24)/b6-5-,9-8-,12-11-,15-14-,18-17-/t21-/m1/s1. The average Bonchev–Trinajstić information content (AvgIpc) is 2.57. The van der Waals surface area contributed by atoms with E-state index in [1.807, 2.05) is 6.92 Å². The van der Waals surface area contributed by atoms with E-state index in [-0.39, 0.29) is 5.92 Å². The molecule has 0 spiro atoms. The zero-order valence-electron chi connectivity index (χ0n) is 15.4. The molecule has 0 aromatic heterocycles. The van der Waals surface area contributed by atoms with E-state index in [1.54, 1.807) is 0 Å². The Morgan fingerprint density at radius 1 is 0.750 bits per heavy atom. The summed E-state index contributed by atoms with van der Waals surface area (Å²) in [6.07, 6.45) is 29.0. The van der Waals surface area contributed by atoms with Crippen LogP contribution in [0.2, 0.25) is 0 Å². The van der Waals surface area contributed by atoms with Crippen LogP contribution in [0.25, 0.3) is 0 Å². The lowest BCUT2D eigenvalue weighted by atomic mass is 10.0. The summed E-state index contributed by atoms with van der Waals surface area (Å²) in [5.41, 5.74) is 0. The molecule has 0 aromatic carbocycles. The minimum Gasteiger partial charge on any atom is -0.481 e. The first-order valence-electron chi connectivity index (χ1n) is 9.20. The summed E-state index contributed by atoms with van der Waals surface area (Å²) in [4.78, 5) is 10.9. The van der Waals surface area contributed by atoms with Crippen molar-refractivity contribution in [2.45, 2.75) is 65.2 Å². The Kier molecular flexibility index (Phi) is 16.2. The number of hydrogen-bond donors (Lipinski definition) is 1. The second-order valence-electron chi connectivity index (χ2n) is 5.73. The average molecular weight is 331 g/mol. The molecule has 0 radical (unpaired) electrons. The first-order valence-corrected chi connectivity index (χ1v) is 9.20. The lowest BCUT2D eigenvalue weighted by molar-refractivity contribution is -0.142. The van der Waals surface area contributed by atoms with Gasteiger partial charge in [-0.3, -0.25) is 4.79 Å². The Hall–Kier alpha value is -1.83. The van der Waals surface area contributed by atoms with Gasteiger partial charge in [0, 0.05) is 0 Å². The molecule has 134 valence electrons. The molecule has 2 heteroatoms. The van der Waals surface area contributed by atoms with Crippen molar-refractivity contribution in [3.05, 3.63) is 60.8 Å². The van der Waals surface area contributed by atoms with Crippen LogP contribution in [0.1, 0.15) is 65.2 Å². The summed E-state index contributed by atoms with van der Waals surface area (Å²) in [5.74, 6) is -0.878. The number of carboxylic acid groups (broad SMARTS) is 1. The highest BCUT2D eigenvalue weighted by atomic mass is 16.4. The highest BCUT2D eigenvalue weighted by molar-refractivity contribution is 5.69. The second-order valence-corrected chi connectivity index (χ2v) is 5.73. The monoisotopic (exact) mass is 330 g/mol. The predicted octanol–water partition coefficient (Wildman–Crippen LogP) is 6.63. The SMILES string of the molecule is CC/C=C\C/C=C\C/C=C\C/C=C\C/C=C\CC[C@@H](CC)C(=O)O. The van der Waals surface area contributed by atoms with Crippen LogP contribution in [0, 0.1) is 5.92 Å². The summed E-state index contributed by atoms with van der Waals surface area (Å²) in [5, 5.41) is 8.95. The van der Waals surface area contributed by atoms with Gasteiger partial charge < -0.3 is 5.11 Å². The maximum atomic E-state index is 10.9. The number of carboxylic acids is 1. The topological polar surface area (TPSA) is 37.3 Å². The molecule has 1 atom stereocenters. The Morgan fingerprint density at radius 3 is 1.54 bits per heavy atom. The number of carbonyl (C=O) groups is 1. The van der Waals surface area contributed by atoms with Gasteiger partial charge in [0.2, 0.25) is 0 Å². The van der Waals surface area contributed by atoms with Gasteiger partial charge in [-0.15, -0.1) is 0 Å². The third-order valence-electron chi connectivity index (χ3n) is 3.68. The van der Waals surface area contributed by atoms with Gasteiger partial charge in [0.1, 0.15) is 0 Å². The van der Waals surface area contributed by atoms with Crippen molar-refractivity contribution in [1.29, 1.82) is 0 Å². The number of rotatable bonds is 14. The molecule has 0 rings (SSSR count). The predicted molar refractivity (Wildman–Crippen MR) is 105 cm³/mol. The normalized spacial score (nSPS) is 14.1. The fourth-order valence-electron chi connectivity index (χ4n) is 2.17. The van der Waals surface area contributed by atoms with Crippen molar-refractivity contribution in [3.8, 4) is 0 Å². The maximum absolute atomic E-state index is 10.9. The maximum Gasteiger partial charge on any atom is 0.306 e. The molecular formula is C22H34O2. The number of allylic oxidation sites excluding steroid dienone is 10. The first-order chi connectivity index (χ1) is 11.7. The lowest BCUT2D eigenvalue weighted by Crippen LogP contribution is -2.11. The Balaban J connectivity index is 3.61. The van der Waals surface area contributed by atoms with Crippen molar-refractivity contribution < 1.29 is 9.90 Å². The Bertz CT molecular complexity index is 439. The summed E-state index contributed by atoms with van der Waals surface area (Å²) in [6.45, 7) is 4.07. The summed E-state index contributed by atoms with van der Waals surface area (Å²) in [6, 6.07) is 0. The molecule has 0 aliphatic carbocycles. The van der Waals surface area contributed by atoms with E-state index in [1.165, 1.54) is 0 Å². The summed E-state index contributed by atoms with van der Waals surface area (Å²) >= 11 is 0. The van der Waals surface area contributed by atoms with E-state index in [4.69, 9.17) is 5.11 Å². The van der Waals surface area contributed by atoms with Gasteiger partial charge in [0.25, 0.3) is 0 Å². The van der Waals surface area contributed by atoms with E-state index in [2.05, 4.69) is 67.7 Å². The quantitative estimate of drug-likeness (QED) is 0.363. The van der Waals surface area contributed by atoms with E-state index >= 15 is 0 Å². The molecule has 0 saturated carbocycles. The van der Waals surface area contributed by atoms with Crippen LogP contribution in [0.4, 0.5) is 0 Å². The molecule has 0 fully saturated rings. The van der Waals surface area contributed by atoms with Crippen LogP contribution in [0.5, 0.6) is 0 Å². The van der Waals surface area contributed by atoms with E-state index in [0.717, 1.165) is 44.9 Å². The molecular weight excluding hydrogens is 296 g/mol. The lowest BCUT2D eigenvalue weighted by Gasteiger charge is -2.06. The van der Waals surface area contributed by atoms with E-state index in [9.17, 15) is 4.79 Å². The van der Waals surface area contributed by atoms with Crippen LogP contribution in [0.15, 0.2) is 60.8 Å². The number of aliphatic carboxylic acids is 1. The van der Waals surface area contributed by atoms with Crippen LogP contribution in [0.3, 0.4) is 0 Å². The van der Waals surface area contributed by atoms with Crippen LogP contribution < -0.4 is 0 Å². The minimum absolute atomic E-state index is 0.202. The molecule has 0 unspecified atom stereocenters. The van der Waals surface area contributed by atoms with E-state index in [0.29, 0.717) is 6.42 Å². The zero-order valence-corrected chi connectivity index (χ0v) is 15.4. The summed E-state index contributed by atoms with van der Waals surface area (Å²) in [7, 11) is 0. The highest BCUT2D eigenvalue weighted by Gasteiger charge is 2.12. The van der Waals surface area contributed by atoms with Crippen molar-refractivity contribution >= 4 is 5.97 Å². The third-order valence-corrected chi connectivity index (χ3v) is 3.68. The van der Waals surface area contributed by atoms with Crippen LogP contribution >= 0.6 is 0 Å². The molecule has 24 heavy (non-hydrogen) atoms. The molecule has 1 N–H and O–H groups in total. The largest absolute Gasteiger partial charge is 0.481 e. The van der Waals surface area contributed by atoms with Gasteiger partial charge >= 0.3 is 5.97 Å². The van der Waals surface area contributed by atoms with Gasteiger partial charge in [-0.25, -0.2) is 0 Å². The van der Waals surface area contributed by atoms with Gasteiger partial charge in [-0.05, 0) is 51.4 Å². The molecule has 0 aromatic rings.